The largest absolute Gasteiger partial charge is 0.310 e. The number of hydrogen-bond donors (Lipinski definition) is 1. The second kappa shape index (κ2) is 8.55. The minimum absolute atomic E-state index is 0.366. The molecule has 3 heteroatoms. The van der Waals surface area contributed by atoms with Crippen molar-refractivity contribution in [1.29, 1.82) is 0 Å². The maximum Gasteiger partial charge on any atom is 0.233 e. The quantitative estimate of drug-likeness (QED) is 0.631. The Balaban J connectivity index is 1.53. The van der Waals surface area contributed by atoms with Crippen LogP contribution in [-0.4, -0.2) is 18.9 Å². The Bertz CT molecular complexity index is 990. The number of benzene rings is 3. The third-order valence-corrected chi connectivity index (χ3v) is 5.49. The number of carbonyl (C=O) groups excluding carboxylic acids is 1. The van der Waals surface area contributed by atoms with Crippen molar-refractivity contribution >= 4 is 23.5 Å². The lowest BCUT2D eigenvalue weighted by molar-refractivity contribution is 0.533. The van der Waals surface area contributed by atoms with Gasteiger partial charge in [0.1, 0.15) is 0 Å². The predicted molar refractivity (Wildman–Crippen MR) is 116 cm³/mol. The van der Waals surface area contributed by atoms with Gasteiger partial charge >= 0.3 is 0 Å². The number of nitrogens with one attached hydrogen (secondary N) is 1. The van der Waals surface area contributed by atoms with Crippen molar-refractivity contribution in [3.05, 3.63) is 101 Å². The summed E-state index contributed by atoms with van der Waals surface area (Å²) in [5.41, 5.74) is 6.86. The van der Waals surface area contributed by atoms with E-state index in [1.165, 1.54) is 27.8 Å². The van der Waals surface area contributed by atoms with Gasteiger partial charge in [-0.2, -0.15) is 0 Å². The van der Waals surface area contributed by atoms with Crippen LogP contribution < -0.4 is 5.32 Å². The fraction of sp³-hybridized carbons (Fsp3) is 0.160. The van der Waals surface area contributed by atoms with E-state index >= 15 is 0 Å². The van der Waals surface area contributed by atoms with Gasteiger partial charge in [-0.15, -0.1) is 0 Å². The van der Waals surface area contributed by atoms with Crippen molar-refractivity contribution < 1.29 is 4.79 Å². The van der Waals surface area contributed by atoms with Gasteiger partial charge in [-0.05, 0) is 52.8 Å². The highest BCUT2D eigenvalue weighted by Gasteiger charge is 2.18. The van der Waals surface area contributed by atoms with E-state index < -0.39 is 0 Å². The van der Waals surface area contributed by atoms with E-state index in [2.05, 4.69) is 47.8 Å². The number of hydrogen-bond acceptors (Lipinski definition) is 2. The molecule has 0 saturated heterocycles. The Morgan fingerprint density at radius 1 is 0.929 bits per heavy atom. The molecule has 0 spiro atoms. The third kappa shape index (κ3) is 4.24. The summed E-state index contributed by atoms with van der Waals surface area (Å²) in [4.78, 5) is 10.8. The van der Waals surface area contributed by atoms with Gasteiger partial charge in [-0.1, -0.05) is 78.3 Å². The van der Waals surface area contributed by atoms with Crippen molar-refractivity contribution in [2.75, 3.05) is 6.54 Å². The molecule has 0 fully saturated rings. The molecule has 1 aliphatic heterocycles. The fourth-order valence-electron chi connectivity index (χ4n) is 3.78. The highest BCUT2D eigenvalue weighted by Crippen LogP contribution is 2.29. The van der Waals surface area contributed by atoms with Crippen LogP contribution >= 0.6 is 11.6 Å². The van der Waals surface area contributed by atoms with Crippen molar-refractivity contribution in [3.8, 4) is 11.1 Å². The van der Waals surface area contributed by atoms with Crippen molar-refractivity contribution in [2.45, 2.75) is 18.9 Å². The molecule has 1 heterocycles. The Morgan fingerprint density at radius 2 is 1.64 bits per heavy atom. The van der Waals surface area contributed by atoms with E-state index in [1.54, 1.807) is 0 Å². The van der Waals surface area contributed by atoms with Crippen LogP contribution in [0.15, 0.2) is 78.9 Å². The SMILES string of the molecule is O=[C]c1ccc(C2=CCNC(Cc3ccccc3-c3ccc(Cl)cc3)C2)cc1. The molecule has 4 rings (SSSR count). The van der Waals surface area contributed by atoms with Crippen LogP contribution in [0.2, 0.25) is 5.02 Å². The Morgan fingerprint density at radius 3 is 2.39 bits per heavy atom. The second-order valence-electron chi connectivity index (χ2n) is 7.09. The lowest BCUT2D eigenvalue weighted by Gasteiger charge is -2.25. The molecule has 0 aromatic heterocycles. The average molecular weight is 387 g/mol. The van der Waals surface area contributed by atoms with Crippen LogP contribution in [0.4, 0.5) is 0 Å². The van der Waals surface area contributed by atoms with Crippen LogP contribution in [0.1, 0.15) is 23.1 Å². The maximum atomic E-state index is 10.8. The Hall–Kier alpha value is -2.68. The number of halogens is 1. The molecule has 0 bridgehead atoms. The minimum Gasteiger partial charge on any atom is -0.310 e. The van der Waals surface area contributed by atoms with E-state index in [1.807, 2.05) is 42.7 Å². The first-order valence-corrected chi connectivity index (χ1v) is 9.85. The molecule has 28 heavy (non-hydrogen) atoms. The van der Waals surface area contributed by atoms with Gasteiger partial charge in [0, 0.05) is 23.2 Å². The summed E-state index contributed by atoms with van der Waals surface area (Å²) < 4.78 is 0. The molecule has 1 unspecified atom stereocenters. The molecule has 1 atom stereocenters. The van der Waals surface area contributed by atoms with Gasteiger partial charge in [-0.25, -0.2) is 0 Å². The zero-order valence-electron chi connectivity index (χ0n) is 15.5. The molecule has 0 aliphatic carbocycles. The Kier molecular flexibility index (Phi) is 5.70. The molecular formula is C25H21ClNO. The molecule has 1 aliphatic rings. The number of rotatable bonds is 5. The highest BCUT2D eigenvalue weighted by molar-refractivity contribution is 6.30. The summed E-state index contributed by atoms with van der Waals surface area (Å²) >= 11 is 6.05. The Labute approximate surface area is 170 Å². The molecule has 3 aromatic carbocycles. The normalized spacial score (nSPS) is 16.5. The summed E-state index contributed by atoms with van der Waals surface area (Å²) in [6.07, 6.45) is 6.08. The summed E-state index contributed by atoms with van der Waals surface area (Å²) in [5, 5.41) is 4.37. The molecule has 0 amide bonds. The van der Waals surface area contributed by atoms with Gasteiger partial charge in [0.25, 0.3) is 0 Å². The predicted octanol–water partition coefficient (Wildman–Crippen LogP) is 5.45. The molecule has 2 nitrogen and oxygen atoms in total. The van der Waals surface area contributed by atoms with Gasteiger partial charge in [0.15, 0.2) is 0 Å². The third-order valence-electron chi connectivity index (χ3n) is 5.23. The zero-order chi connectivity index (χ0) is 19.3. The summed E-state index contributed by atoms with van der Waals surface area (Å²) in [6.45, 7) is 0.852. The van der Waals surface area contributed by atoms with Crippen LogP contribution in [0.5, 0.6) is 0 Å². The maximum absolute atomic E-state index is 10.8. The smallest absolute Gasteiger partial charge is 0.233 e. The van der Waals surface area contributed by atoms with Gasteiger partial charge < -0.3 is 5.32 Å². The van der Waals surface area contributed by atoms with E-state index in [0.717, 1.165) is 24.4 Å². The molecule has 0 saturated carbocycles. The molecule has 139 valence electrons. The topological polar surface area (TPSA) is 29.1 Å². The van der Waals surface area contributed by atoms with Crippen LogP contribution in [-0.2, 0) is 11.2 Å². The summed E-state index contributed by atoms with van der Waals surface area (Å²) in [6, 6.07) is 24.6. The summed E-state index contributed by atoms with van der Waals surface area (Å²) in [7, 11) is 0. The lowest BCUT2D eigenvalue weighted by Crippen LogP contribution is -2.34. The average Bonchev–Trinajstić information content (AvgIpc) is 2.75. The van der Waals surface area contributed by atoms with E-state index in [0.29, 0.717) is 11.6 Å². The minimum atomic E-state index is 0.366. The van der Waals surface area contributed by atoms with Crippen LogP contribution in [0.3, 0.4) is 0 Å². The van der Waals surface area contributed by atoms with E-state index in [9.17, 15) is 4.79 Å². The monoisotopic (exact) mass is 386 g/mol. The molecule has 1 N–H and O–H groups in total. The van der Waals surface area contributed by atoms with E-state index in [-0.39, 0.29) is 0 Å². The van der Waals surface area contributed by atoms with E-state index in [4.69, 9.17) is 11.6 Å². The standard InChI is InChI=1S/C25H21ClNO/c26-23-11-9-20(10-12-23)25-4-2-1-3-22(25)16-24-15-21(13-14-27-24)19-7-5-18(17-28)6-8-19/h1-13,24,27H,14-16H2. The lowest BCUT2D eigenvalue weighted by atomic mass is 9.89. The second-order valence-corrected chi connectivity index (χ2v) is 7.52. The van der Waals surface area contributed by atoms with Gasteiger partial charge in [0.2, 0.25) is 6.29 Å². The first-order valence-electron chi connectivity index (χ1n) is 9.48. The molecule has 1 radical (unpaired) electrons. The van der Waals surface area contributed by atoms with Crippen LogP contribution in [0.25, 0.3) is 16.7 Å². The fourth-order valence-corrected chi connectivity index (χ4v) is 3.90. The zero-order valence-corrected chi connectivity index (χ0v) is 16.2. The first kappa shape index (κ1) is 18.7. The first-order chi connectivity index (χ1) is 13.7. The highest BCUT2D eigenvalue weighted by atomic mass is 35.5. The van der Waals surface area contributed by atoms with Crippen LogP contribution in [0, 0.1) is 0 Å². The van der Waals surface area contributed by atoms with Crippen molar-refractivity contribution in [1.82, 2.24) is 5.32 Å². The van der Waals surface area contributed by atoms with Crippen molar-refractivity contribution in [3.63, 3.8) is 0 Å². The van der Waals surface area contributed by atoms with Gasteiger partial charge in [-0.3, -0.25) is 4.79 Å². The molecule has 3 aromatic rings. The summed E-state index contributed by atoms with van der Waals surface area (Å²) in [5.74, 6) is 0. The van der Waals surface area contributed by atoms with Crippen molar-refractivity contribution in [2.24, 2.45) is 0 Å². The molecular weight excluding hydrogens is 366 g/mol. The van der Waals surface area contributed by atoms with Gasteiger partial charge in [0.05, 0.1) is 0 Å².